The van der Waals surface area contributed by atoms with Gasteiger partial charge in [0.25, 0.3) is 0 Å². The molecule has 0 aliphatic rings. The minimum absolute atomic E-state index is 0.121. The highest BCUT2D eigenvalue weighted by atomic mass is 16.4. The van der Waals surface area contributed by atoms with Crippen molar-refractivity contribution < 1.29 is 9.90 Å². The van der Waals surface area contributed by atoms with Gasteiger partial charge in [-0.25, -0.2) is 4.98 Å². The number of fused-ring (bicyclic) bond motifs is 1. The fraction of sp³-hybridized carbons (Fsp3) is 0.267. The van der Waals surface area contributed by atoms with Crippen molar-refractivity contribution in [3.05, 3.63) is 35.9 Å². The number of anilines is 1. The molecule has 102 valence electrons. The van der Waals surface area contributed by atoms with Crippen LogP contribution in [0.5, 0.6) is 0 Å². The molecule has 2 aromatic rings. The van der Waals surface area contributed by atoms with Crippen LogP contribution in [0.15, 0.2) is 30.3 Å². The van der Waals surface area contributed by atoms with Gasteiger partial charge in [0.15, 0.2) is 0 Å². The molecule has 0 saturated carbocycles. The van der Waals surface area contributed by atoms with Crippen LogP contribution in [0.4, 0.5) is 5.82 Å². The van der Waals surface area contributed by atoms with Crippen molar-refractivity contribution in [1.29, 1.82) is 5.26 Å². The minimum Gasteiger partial charge on any atom is -0.480 e. The monoisotopic (exact) mass is 269 g/mol. The van der Waals surface area contributed by atoms with Crippen LogP contribution in [-0.4, -0.2) is 29.1 Å². The summed E-state index contributed by atoms with van der Waals surface area (Å²) in [6.45, 7) is 2.44. The topological polar surface area (TPSA) is 77.2 Å². The van der Waals surface area contributed by atoms with Crippen molar-refractivity contribution in [3.8, 4) is 6.07 Å². The number of carboxylic acid groups (broad SMARTS) is 1. The fourth-order valence-corrected chi connectivity index (χ4v) is 2.12. The second-order valence-electron chi connectivity index (χ2n) is 4.47. The first-order valence-electron chi connectivity index (χ1n) is 6.42. The molecular weight excluding hydrogens is 254 g/mol. The van der Waals surface area contributed by atoms with Gasteiger partial charge in [-0.15, -0.1) is 0 Å². The Morgan fingerprint density at radius 2 is 2.20 bits per heavy atom. The third-order valence-electron chi connectivity index (χ3n) is 2.97. The Labute approximate surface area is 117 Å². The summed E-state index contributed by atoms with van der Waals surface area (Å²) in [4.78, 5) is 17.1. The molecule has 0 fully saturated rings. The molecule has 2 rings (SSSR count). The summed E-state index contributed by atoms with van der Waals surface area (Å²) < 4.78 is 0. The Bertz CT molecular complexity index is 676. The smallest absolute Gasteiger partial charge is 0.323 e. The third kappa shape index (κ3) is 2.86. The van der Waals surface area contributed by atoms with E-state index in [1.54, 1.807) is 11.0 Å². The minimum atomic E-state index is -0.910. The number of nitrogens with zero attached hydrogens (tertiary/aromatic N) is 3. The lowest BCUT2D eigenvalue weighted by atomic mass is 10.1. The number of para-hydroxylation sites is 1. The van der Waals surface area contributed by atoms with E-state index in [-0.39, 0.29) is 6.54 Å². The van der Waals surface area contributed by atoms with Crippen LogP contribution in [-0.2, 0) is 4.79 Å². The highest BCUT2D eigenvalue weighted by Crippen LogP contribution is 2.22. The van der Waals surface area contributed by atoms with Crippen LogP contribution in [0.3, 0.4) is 0 Å². The third-order valence-corrected chi connectivity index (χ3v) is 2.97. The van der Waals surface area contributed by atoms with Crippen molar-refractivity contribution in [2.75, 3.05) is 18.0 Å². The zero-order valence-electron chi connectivity index (χ0n) is 11.2. The average Bonchev–Trinajstić information content (AvgIpc) is 2.45. The van der Waals surface area contributed by atoms with Crippen LogP contribution in [0, 0.1) is 11.3 Å². The van der Waals surface area contributed by atoms with Gasteiger partial charge in [-0.3, -0.25) is 4.79 Å². The molecule has 0 bridgehead atoms. The Hall–Kier alpha value is -2.61. The number of nitriles is 1. The predicted molar refractivity (Wildman–Crippen MR) is 76.6 cm³/mol. The molecular formula is C15H15N3O2. The Morgan fingerprint density at radius 1 is 1.45 bits per heavy atom. The normalized spacial score (nSPS) is 10.2. The lowest BCUT2D eigenvalue weighted by Gasteiger charge is -2.21. The maximum atomic E-state index is 10.9. The highest BCUT2D eigenvalue weighted by Gasteiger charge is 2.14. The Morgan fingerprint density at radius 3 is 2.85 bits per heavy atom. The number of benzene rings is 1. The Balaban J connectivity index is 2.52. The zero-order valence-corrected chi connectivity index (χ0v) is 11.2. The van der Waals surface area contributed by atoms with Crippen LogP contribution in [0.2, 0.25) is 0 Å². The summed E-state index contributed by atoms with van der Waals surface area (Å²) in [6, 6.07) is 11.2. The summed E-state index contributed by atoms with van der Waals surface area (Å²) in [6.07, 6.45) is 0.809. The van der Waals surface area contributed by atoms with Gasteiger partial charge in [0.1, 0.15) is 12.4 Å². The number of pyridine rings is 1. The first-order chi connectivity index (χ1) is 9.65. The number of hydrogen-bond donors (Lipinski definition) is 1. The van der Waals surface area contributed by atoms with Crippen molar-refractivity contribution in [2.24, 2.45) is 0 Å². The fourth-order valence-electron chi connectivity index (χ4n) is 2.12. The van der Waals surface area contributed by atoms with E-state index in [9.17, 15) is 10.1 Å². The molecule has 0 unspecified atom stereocenters. The number of hydrogen-bond acceptors (Lipinski definition) is 4. The number of carboxylic acids is 1. The molecule has 20 heavy (non-hydrogen) atoms. The van der Waals surface area contributed by atoms with Crippen molar-refractivity contribution in [1.82, 2.24) is 4.98 Å². The largest absolute Gasteiger partial charge is 0.480 e. The van der Waals surface area contributed by atoms with Crippen molar-refractivity contribution >= 4 is 22.7 Å². The molecule has 0 saturated heterocycles. The number of carbonyl (C=O) groups is 1. The summed E-state index contributed by atoms with van der Waals surface area (Å²) in [5.74, 6) is -0.378. The van der Waals surface area contributed by atoms with E-state index in [1.807, 2.05) is 31.2 Å². The second-order valence-corrected chi connectivity index (χ2v) is 4.47. The molecule has 5 heteroatoms. The maximum absolute atomic E-state index is 10.9. The summed E-state index contributed by atoms with van der Waals surface area (Å²) in [5.41, 5.74) is 1.21. The lowest BCUT2D eigenvalue weighted by Crippen LogP contribution is -2.31. The zero-order chi connectivity index (χ0) is 14.5. The van der Waals surface area contributed by atoms with Gasteiger partial charge in [0.2, 0.25) is 0 Å². The highest BCUT2D eigenvalue weighted by molar-refractivity contribution is 5.87. The molecule has 0 atom stereocenters. The Kier molecular flexibility index (Phi) is 4.16. The quantitative estimate of drug-likeness (QED) is 0.901. The van der Waals surface area contributed by atoms with E-state index in [0.717, 1.165) is 11.8 Å². The molecule has 5 nitrogen and oxygen atoms in total. The number of rotatable bonds is 5. The maximum Gasteiger partial charge on any atom is 0.323 e. The van der Waals surface area contributed by atoms with Gasteiger partial charge >= 0.3 is 5.97 Å². The average molecular weight is 269 g/mol. The van der Waals surface area contributed by atoms with Gasteiger partial charge in [-0.05, 0) is 18.6 Å². The molecule has 0 radical (unpaired) electrons. The predicted octanol–water partition coefficient (Wildman–Crippen LogP) is 2.41. The molecule has 0 aliphatic carbocycles. The standard InChI is InChI=1S/C15H15N3O2/c1-2-7-18(10-15(19)20)14-8-11(9-16)12-5-3-4-6-13(12)17-14/h3-6,8H,2,7,10H2,1H3,(H,19,20). The van der Waals surface area contributed by atoms with Crippen LogP contribution in [0.25, 0.3) is 10.9 Å². The molecule has 1 aromatic carbocycles. The van der Waals surface area contributed by atoms with Gasteiger partial charge in [-0.1, -0.05) is 25.1 Å². The first-order valence-corrected chi connectivity index (χ1v) is 6.42. The molecule has 1 N–H and O–H groups in total. The SMILES string of the molecule is CCCN(CC(=O)O)c1cc(C#N)c2ccccc2n1. The molecule has 1 heterocycles. The van der Waals surface area contributed by atoms with E-state index in [1.165, 1.54) is 0 Å². The van der Waals surface area contributed by atoms with Crippen LogP contribution < -0.4 is 4.90 Å². The molecule has 1 aromatic heterocycles. The molecule has 0 aliphatic heterocycles. The van der Waals surface area contributed by atoms with Crippen LogP contribution >= 0.6 is 0 Å². The van der Waals surface area contributed by atoms with Gasteiger partial charge in [0.05, 0.1) is 17.1 Å². The summed E-state index contributed by atoms with van der Waals surface area (Å²) in [5, 5.41) is 19.0. The molecule has 0 amide bonds. The van der Waals surface area contributed by atoms with Gasteiger partial charge in [0, 0.05) is 11.9 Å². The van der Waals surface area contributed by atoms with E-state index < -0.39 is 5.97 Å². The number of aromatic nitrogens is 1. The first kappa shape index (κ1) is 13.8. The van der Waals surface area contributed by atoms with Gasteiger partial charge in [-0.2, -0.15) is 5.26 Å². The second kappa shape index (κ2) is 6.02. The van der Waals surface area contributed by atoms with E-state index >= 15 is 0 Å². The summed E-state index contributed by atoms with van der Waals surface area (Å²) >= 11 is 0. The van der Waals surface area contributed by atoms with Crippen molar-refractivity contribution in [2.45, 2.75) is 13.3 Å². The van der Waals surface area contributed by atoms with E-state index in [2.05, 4.69) is 11.1 Å². The number of aliphatic carboxylic acids is 1. The van der Waals surface area contributed by atoms with E-state index in [0.29, 0.717) is 23.4 Å². The van der Waals surface area contributed by atoms with E-state index in [4.69, 9.17) is 5.11 Å². The van der Waals surface area contributed by atoms with Crippen molar-refractivity contribution in [3.63, 3.8) is 0 Å². The van der Waals surface area contributed by atoms with Crippen LogP contribution in [0.1, 0.15) is 18.9 Å². The summed E-state index contributed by atoms with van der Waals surface area (Å²) in [7, 11) is 0. The molecule has 0 spiro atoms. The van der Waals surface area contributed by atoms with Gasteiger partial charge < -0.3 is 10.0 Å². The lowest BCUT2D eigenvalue weighted by molar-refractivity contribution is -0.135.